The second kappa shape index (κ2) is 10.4. The Kier molecular flexibility index (Phi) is 7.84. The minimum absolute atomic E-state index is 0.208. The van der Waals surface area contributed by atoms with E-state index in [1.54, 1.807) is 0 Å². The van der Waals surface area contributed by atoms with Crippen LogP contribution >= 0.6 is 0 Å². The van der Waals surface area contributed by atoms with Crippen LogP contribution in [0.5, 0.6) is 0 Å². The summed E-state index contributed by atoms with van der Waals surface area (Å²) in [5, 5.41) is 10.3. The van der Waals surface area contributed by atoms with Gasteiger partial charge in [-0.3, -0.25) is 4.90 Å². The molecule has 5 heteroatoms. The predicted molar refractivity (Wildman–Crippen MR) is 124 cm³/mol. The second-order valence-electron chi connectivity index (χ2n) is 8.85. The number of anilines is 1. The van der Waals surface area contributed by atoms with Crippen LogP contribution in [-0.4, -0.2) is 58.8 Å². The van der Waals surface area contributed by atoms with Gasteiger partial charge in [-0.25, -0.2) is 9.97 Å². The van der Waals surface area contributed by atoms with Crippen molar-refractivity contribution in [2.75, 3.05) is 37.6 Å². The lowest BCUT2D eigenvalue weighted by Gasteiger charge is -2.37. The molecule has 0 unspecified atom stereocenters. The zero-order valence-electron chi connectivity index (χ0n) is 19.4. The Balaban J connectivity index is 1.74. The number of aryl methyl sites for hydroxylation is 4. The third-order valence-corrected chi connectivity index (χ3v) is 6.21. The number of β-amino-alcohol motifs (C(OH)–C–C–N with tert-alkyl or cyclic N) is 1. The fourth-order valence-corrected chi connectivity index (χ4v) is 4.34. The summed E-state index contributed by atoms with van der Waals surface area (Å²) in [5.74, 6) is 1.93. The van der Waals surface area contributed by atoms with Crippen molar-refractivity contribution in [1.82, 2.24) is 14.9 Å². The van der Waals surface area contributed by atoms with Gasteiger partial charge in [0.15, 0.2) is 0 Å². The van der Waals surface area contributed by atoms with Crippen molar-refractivity contribution in [3.63, 3.8) is 0 Å². The lowest BCUT2D eigenvalue weighted by Crippen LogP contribution is -2.49. The highest BCUT2D eigenvalue weighted by atomic mass is 16.3. The summed E-state index contributed by atoms with van der Waals surface area (Å²) in [4.78, 5) is 14.4. The number of hydrogen-bond donors (Lipinski definition) is 1. The molecule has 5 nitrogen and oxygen atoms in total. The fourth-order valence-electron chi connectivity index (χ4n) is 4.34. The number of piperazine rings is 1. The normalized spacial score (nSPS) is 16.1. The van der Waals surface area contributed by atoms with Gasteiger partial charge < -0.3 is 10.0 Å². The highest BCUT2D eigenvalue weighted by Crippen LogP contribution is 2.26. The fraction of sp³-hybridized carbons (Fsp3) is 0.600. The van der Waals surface area contributed by atoms with Gasteiger partial charge in [-0.2, -0.15) is 0 Å². The van der Waals surface area contributed by atoms with Crippen LogP contribution in [0.1, 0.15) is 60.0 Å². The van der Waals surface area contributed by atoms with Crippen LogP contribution in [0, 0.1) is 27.7 Å². The average Bonchev–Trinajstić information content (AvgIpc) is 2.71. The van der Waals surface area contributed by atoms with Crippen molar-refractivity contribution in [1.29, 1.82) is 0 Å². The highest BCUT2D eigenvalue weighted by molar-refractivity contribution is 5.52. The molecule has 2 heterocycles. The van der Waals surface area contributed by atoms with Crippen LogP contribution in [-0.2, 0) is 6.42 Å². The number of rotatable bonds is 8. The monoisotopic (exact) mass is 410 g/mol. The van der Waals surface area contributed by atoms with E-state index in [1.807, 2.05) is 6.92 Å². The first-order chi connectivity index (χ1) is 14.4. The van der Waals surface area contributed by atoms with Gasteiger partial charge in [0.2, 0.25) is 0 Å². The number of unbranched alkanes of at least 4 members (excludes halogenated alkanes) is 1. The molecule has 1 N–H and O–H groups in total. The Morgan fingerprint density at radius 3 is 2.47 bits per heavy atom. The Bertz CT molecular complexity index is 843. The van der Waals surface area contributed by atoms with E-state index in [0.29, 0.717) is 0 Å². The summed E-state index contributed by atoms with van der Waals surface area (Å²) in [5.41, 5.74) is 6.28. The van der Waals surface area contributed by atoms with E-state index in [2.05, 4.69) is 60.7 Å². The molecular formula is C25H38N4O. The van der Waals surface area contributed by atoms with E-state index in [9.17, 15) is 5.11 Å². The van der Waals surface area contributed by atoms with Gasteiger partial charge in [-0.05, 0) is 45.2 Å². The quantitative estimate of drug-likeness (QED) is 0.713. The first kappa shape index (κ1) is 22.7. The molecule has 0 bridgehead atoms. The van der Waals surface area contributed by atoms with Crippen LogP contribution in [0.3, 0.4) is 0 Å². The second-order valence-corrected chi connectivity index (χ2v) is 8.85. The summed E-state index contributed by atoms with van der Waals surface area (Å²) in [6.07, 6.45) is 3.80. The van der Waals surface area contributed by atoms with E-state index < -0.39 is 0 Å². The molecule has 0 saturated carbocycles. The van der Waals surface area contributed by atoms with E-state index in [4.69, 9.17) is 4.98 Å². The Morgan fingerprint density at radius 1 is 1.03 bits per heavy atom. The molecule has 1 aromatic carbocycles. The standard InChI is InChI=1S/C25H38N4O/c1-6-7-8-23(30)17-28-11-13-29(14-12-28)25-24(20(4)26-21(5)27-25)16-22-15-18(2)9-10-19(22)3/h9-10,15,23,30H,6-8,11-14,16-17H2,1-5H3/t23-/m0/s1. The Hall–Kier alpha value is -1.98. The molecule has 30 heavy (non-hydrogen) atoms. The Labute approximate surface area is 182 Å². The van der Waals surface area contributed by atoms with Crippen LogP contribution in [0.25, 0.3) is 0 Å². The summed E-state index contributed by atoms with van der Waals surface area (Å²) < 4.78 is 0. The van der Waals surface area contributed by atoms with Crippen molar-refractivity contribution in [2.45, 2.75) is 66.4 Å². The van der Waals surface area contributed by atoms with E-state index in [1.165, 1.54) is 22.3 Å². The molecule has 164 valence electrons. The summed E-state index contributed by atoms with van der Waals surface area (Å²) in [6.45, 7) is 15.2. The molecule has 1 aromatic heterocycles. The maximum absolute atomic E-state index is 10.3. The first-order valence-corrected chi connectivity index (χ1v) is 11.4. The highest BCUT2D eigenvalue weighted by Gasteiger charge is 2.23. The van der Waals surface area contributed by atoms with Gasteiger partial charge in [-0.15, -0.1) is 0 Å². The summed E-state index contributed by atoms with van der Waals surface area (Å²) in [6, 6.07) is 6.66. The van der Waals surface area contributed by atoms with Gasteiger partial charge in [0.25, 0.3) is 0 Å². The lowest BCUT2D eigenvalue weighted by atomic mass is 9.97. The van der Waals surface area contributed by atoms with Gasteiger partial charge in [0.1, 0.15) is 11.6 Å². The van der Waals surface area contributed by atoms with Crippen LogP contribution < -0.4 is 4.90 Å². The van der Waals surface area contributed by atoms with Crippen molar-refractivity contribution >= 4 is 5.82 Å². The van der Waals surface area contributed by atoms with Crippen molar-refractivity contribution in [3.8, 4) is 0 Å². The molecule has 1 fully saturated rings. The number of nitrogens with zero attached hydrogens (tertiary/aromatic N) is 4. The molecular weight excluding hydrogens is 372 g/mol. The summed E-state index contributed by atoms with van der Waals surface area (Å²) in [7, 11) is 0. The largest absolute Gasteiger partial charge is 0.392 e. The molecule has 0 spiro atoms. The van der Waals surface area contributed by atoms with Crippen LogP contribution in [0.4, 0.5) is 5.82 Å². The molecule has 1 aliphatic heterocycles. The molecule has 0 radical (unpaired) electrons. The van der Waals surface area contributed by atoms with Crippen molar-refractivity contribution < 1.29 is 5.11 Å². The molecule has 0 aliphatic carbocycles. The van der Waals surface area contributed by atoms with Gasteiger partial charge >= 0.3 is 0 Å². The number of hydrogen-bond acceptors (Lipinski definition) is 5. The SMILES string of the molecule is CCCC[C@H](O)CN1CCN(c2nc(C)nc(C)c2Cc2cc(C)ccc2C)CC1. The van der Waals surface area contributed by atoms with Gasteiger partial charge in [0.05, 0.1) is 6.10 Å². The summed E-state index contributed by atoms with van der Waals surface area (Å²) >= 11 is 0. The molecule has 3 rings (SSSR count). The number of aromatic nitrogens is 2. The van der Waals surface area contributed by atoms with Gasteiger partial charge in [0, 0.05) is 50.4 Å². The van der Waals surface area contributed by atoms with E-state index in [-0.39, 0.29) is 6.10 Å². The van der Waals surface area contributed by atoms with Crippen LogP contribution in [0.2, 0.25) is 0 Å². The lowest BCUT2D eigenvalue weighted by molar-refractivity contribution is 0.100. The minimum Gasteiger partial charge on any atom is -0.392 e. The van der Waals surface area contributed by atoms with Crippen molar-refractivity contribution in [2.24, 2.45) is 0 Å². The molecule has 0 amide bonds. The zero-order valence-corrected chi connectivity index (χ0v) is 19.4. The number of aliphatic hydroxyl groups is 1. The third kappa shape index (κ3) is 5.79. The number of benzene rings is 1. The van der Waals surface area contributed by atoms with Crippen LogP contribution in [0.15, 0.2) is 18.2 Å². The molecule has 1 saturated heterocycles. The van der Waals surface area contributed by atoms with Crippen molar-refractivity contribution in [3.05, 3.63) is 52.0 Å². The number of aliphatic hydroxyl groups excluding tert-OH is 1. The minimum atomic E-state index is -0.208. The maximum atomic E-state index is 10.3. The van der Waals surface area contributed by atoms with E-state index in [0.717, 1.165) is 75.7 Å². The third-order valence-electron chi connectivity index (χ3n) is 6.21. The first-order valence-electron chi connectivity index (χ1n) is 11.4. The topological polar surface area (TPSA) is 52.5 Å². The predicted octanol–water partition coefficient (Wildman–Crippen LogP) is 3.97. The molecule has 1 atom stereocenters. The molecule has 2 aromatic rings. The Morgan fingerprint density at radius 2 is 1.77 bits per heavy atom. The maximum Gasteiger partial charge on any atom is 0.136 e. The zero-order chi connectivity index (χ0) is 21.7. The molecule has 1 aliphatic rings. The van der Waals surface area contributed by atoms with E-state index >= 15 is 0 Å². The van der Waals surface area contributed by atoms with Gasteiger partial charge in [-0.1, -0.05) is 43.5 Å². The smallest absolute Gasteiger partial charge is 0.136 e. The average molecular weight is 411 g/mol.